The van der Waals surface area contributed by atoms with Crippen LogP contribution in [0.4, 0.5) is 0 Å². The van der Waals surface area contributed by atoms with Gasteiger partial charge in [-0.25, -0.2) is 9.78 Å². The Morgan fingerprint density at radius 1 is 1.03 bits per heavy atom. The lowest BCUT2D eigenvalue weighted by Gasteiger charge is -2.16. The number of aryl methyl sites for hydroxylation is 1. The van der Waals surface area contributed by atoms with Crippen molar-refractivity contribution in [3.8, 4) is 11.5 Å². The van der Waals surface area contributed by atoms with Gasteiger partial charge in [0.05, 0.1) is 17.9 Å². The summed E-state index contributed by atoms with van der Waals surface area (Å²) in [4.78, 5) is 40.9. The largest absolute Gasteiger partial charge is 0.507 e. The van der Waals surface area contributed by atoms with Crippen molar-refractivity contribution in [3.63, 3.8) is 0 Å². The minimum Gasteiger partial charge on any atom is -0.507 e. The number of carbonyl (C=O) groups is 3. The first-order valence-corrected chi connectivity index (χ1v) is 11.4. The van der Waals surface area contributed by atoms with Gasteiger partial charge in [0.15, 0.2) is 11.8 Å². The van der Waals surface area contributed by atoms with Gasteiger partial charge in [0.1, 0.15) is 30.4 Å². The van der Waals surface area contributed by atoms with Crippen molar-refractivity contribution >= 4 is 17.7 Å². The average Bonchev–Trinajstić information content (AvgIpc) is 2.89. The van der Waals surface area contributed by atoms with Crippen molar-refractivity contribution in [2.45, 2.75) is 39.5 Å². The van der Waals surface area contributed by atoms with E-state index < -0.39 is 24.5 Å². The number of aliphatic hydroxyl groups is 1. The maximum Gasteiger partial charge on any atom is 0.331 e. The molecule has 1 amide bonds. The molecule has 9 nitrogen and oxygen atoms in total. The van der Waals surface area contributed by atoms with Crippen LogP contribution in [0.2, 0.25) is 0 Å². The highest BCUT2D eigenvalue weighted by atomic mass is 16.5. The molecule has 2 aromatic carbocycles. The van der Waals surface area contributed by atoms with E-state index in [1.54, 1.807) is 30.3 Å². The van der Waals surface area contributed by atoms with E-state index in [0.717, 1.165) is 11.1 Å². The molecular formula is C27H28N2O7. The van der Waals surface area contributed by atoms with Crippen LogP contribution in [-0.4, -0.2) is 45.5 Å². The van der Waals surface area contributed by atoms with Crippen LogP contribution in [0.25, 0.3) is 0 Å². The number of hydrogen-bond acceptors (Lipinski definition) is 8. The van der Waals surface area contributed by atoms with Gasteiger partial charge in [-0.2, -0.15) is 0 Å². The number of aromatic nitrogens is 1. The Labute approximate surface area is 208 Å². The maximum atomic E-state index is 12.7. The number of phenols is 1. The number of pyridine rings is 1. The number of nitrogens with one attached hydrogen (secondary N) is 1. The van der Waals surface area contributed by atoms with Gasteiger partial charge >= 0.3 is 5.97 Å². The maximum absolute atomic E-state index is 12.7. The van der Waals surface area contributed by atoms with Gasteiger partial charge in [0.2, 0.25) is 0 Å². The van der Waals surface area contributed by atoms with Gasteiger partial charge in [-0.1, -0.05) is 43.3 Å². The number of aromatic hydroxyl groups is 1. The summed E-state index contributed by atoms with van der Waals surface area (Å²) in [5.74, 6) is -1.46. The molecule has 0 fully saturated rings. The summed E-state index contributed by atoms with van der Waals surface area (Å²) in [6.07, 6.45) is 0.578. The summed E-state index contributed by atoms with van der Waals surface area (Å²) in [7, 11) is 0. The smallest absolute Gasteiger partial charge is 0.331 e. The van der Waals surface area contributed by atoms with E-state index >= 15 is 0 Å². The number of esters is 1. The van der Waals surface area contributed by atoms with Crippen molar-refractivity contribution in [3.05, 3.63) is 88.7 Å². The van der Waals surface area contributed by atoms with Crippen LogP contribution in [0.3, 0.4) is 0 Å². The van der Waals surface area contributed by atoms with Gasteiger partial charge in [0.25, 0.3) is 5.91 Å². The number of Topliss-reactive ketones (excluding diaryl/α,β-unsaturated/α-hetero) is 1. The number of ether oxygens (including phenoxy) is 2. The monoisotopic (exact) mass is 492 g/mol. The molecule has 3 aromatic rings. The summed E-state index contributed by atoms with van der Waals surface area (Å²) in [6, 6.07) is 15.5. The molecule has 0 spiro atoms. The molecule has 0 bridgehead atoms. The topological polar surface area (TPSA) is 135 Å². The van der Waals surface area contributed by atoms with Crippen molar-refractivity contribution in [2.75, 3.05) is 6.61 Å². The molecule has 0 aliphatic rings. The van der Waals surface area contributed by atoms with E-state index in [0.29, 0.717) is 17.9 Å². The Morgan fingerprint density at radius 2 is 1.78 bits per heavy atom. The fourth-order valence-corrected chi connectivity index (χ4v) is 3.39. The highest BCUT2D eigenvalue weighted by molar-refractivity contribution is 5.97. The van der Waals surface area contributed by atoms with E-state index in [9.17, 15) is 24.6 Å². The normalized spacial score (nSPS) is 11.4. The van der Waals surface area contributed by atoms with Crippen LogP contribution >= 0.6 is 0 Å². The molecule has 1 atom stereocenters. The summed E-state index contributed by atoms with van der Waals surface area (Å²) in [5, 5.41) is 22.1. The van der Waals surface area contributed by atoms with Gasteiger partial charge in [-0.15, -0.1) is 0 Å². The number of ketones is 1. The second kappa shape index (κ2) is 12.5. The minimum atomic E-state index is -1.25. The zero-order chi connectivity index (χ0) is 26.1. The van der Waals surface area contributed by atoms with Crippen molar-refractivity contribution in [1.29, 1.82) is 0 Å². The molecule has 0 radical (unpaired) electrons. The molecule has 0 aliphatic heterocycles. The van der Waals surface area contributed by atoms with Gasteiger partial charge in [0, 0.05) is 6.07 Å². The molecule has 3 rings (SSSR count). The first-order chi connectivity index (χ1) is 17.3. The average molecular weight is 493 g/mol. The highest BCUT2D eigenvalue weighted by Crippen LogP contribution is 2.29. The van der Waals surface area contributed by atoms with Crippen molar-refractivity contribution in [1.82, 2.24) is 10.3 Å². The number of benzene rings is 2. The Morgan fingerprint density at radius 3 is 2.44 bits per heavy atom. The third-order valence-electron chi connectivity index (χ3n) is 5.35. The first-order valence-electron chi connectivity index (χ1n) is 11.4. The van der Waals surface area contributed by atoms with Crippen molar-refractivity contribution < 1.29 is 34.1 Å². The van der Waals surface area contributed by atoms with E-state index in [1.165, 1.54) is 19.1 Å². The molecule has 9 heteroatoms. The Hall–Kier alpha value is -4.24. The number of phenolic OH excluding ortho intramolecular Hbond substituents is 1. The summed E-state index contributed by atoms with van der Waals surface area (Å²) in [6.45, 7) is 2.64. The predicted molar refractivity (Wildman–Crippen MR) is 131 cm³/mol. The SMILES string of the molecule is CCc1cc(C(C)=O)c(O)cc1OCc1cccc(C(=O)NC(CO)C(=O)OCc2ccccc2)n1. The molecule has 0 saturated carbocycles. The van der Waals surface area contributed by atoms with Crippen LogP contribution < -0.4 is 10.1 Å². The fraction of sp³-hybridized carbons (Fsp3) is 0.259. The molecule has 3 N–H and O–H groups in total. The molecule has 0 aliphatic carbocycles. The van der Waals surface area contributed by atoms with Gasteiger partial charge < -0.3 is 25.0 Å². The van der Waals surface area contributed by atoms with E-state index in [4.69, 9.17) is 9.47 Å². The zero-order valence-corrected chi connectivity index (χ0v) is 20.1. The number of carbonyl (C=O) groups excluding carboxylic acids is 3. The Kier molecular flexibility index (Phi) is 9.13. The van der Waals surface area contributed by atoms with Crippen LogP contribution in [0.5, 0.6) is 11.5 Å². The lowest BCUT2D eigenvalue weighted by atomic mass is 10.0. The quantitative estimate of drug-likeness (QED) is 0.275. The standard InChI is InChI=1S/C27H28N2O7/c1-3-19-12-21(17(2)31)24(32)13-25(19)35-16-20-10-7-11-22(28-20)26(33)29-23(14-30)27(34)36-15-18-8-5-4-6-9-18/h4-13,23,30,32H,3,14-16H2,1-2H3,(H,29,33). The number of aliphatic hydroxyl groups excluding tert-OH is 1. The molecular weight excluding hydrogens is 464 g/mol. The molecule has 0 saturated heterocycles. The highest BCUT2D eigenvalue weighted by Gasteiger charge is 2.23. The van der Waals surface area contributed by atoms with E-state index in [1.807, 2.05) is 25.1 Å². The van der Waals surface area contributed by atoms with Crippen molar-refractivity contribution in [2.24, 2.45) is 0 Å². The predicted octanol–water partition coefficient (Wildman–Crippen LogP) is 2.97. The van der Waals surface area contributed by atoms with Gasteiger partial charge in [-0.05, 0) is 42.7 Å². The van der Waals surface area contributed by atoms with Gasteiger partial charge in [-0.3, -0.25) is 9.59 Å². The molecule has 188 valence electrons. The summed E-state index contributed by atoms with van der Waals surface area (Å²) < 4.78 is 11.0. The fourth-order valence-electron chi connectivity index (χ4n) is 3.39. The first kappa shape index (κ1) is 26.4. The minimum absolute atomic E-state index is 0.00444. The molecule has 36 heavy (non-hydrogen) atoms. The lowest BCUT2D eigenvalue weighted by Crippen LogP contribution is -2.44. The third kappa shape index (κ3) is 6.89. The second-order valence-corrected chi connectivity index (χ2v) is 7.99. The van der Waals surface area contributed by atoms with Crippen LogP contribution in [-0.2, 0) is 29.2 Å². The molecule has 1 unspecified atom stereocenters. The Balaban J connectivity index is 1.63. The lowest BCUT2D eigenvalue weighted by molar-refractivity contribution is -0.148. The van der Waals surface area contributed by atoms with Crippen LogP contribution in [0.1, 0.15) is 51.5 Å². The number of amides is 1. The Bertz CT molecular complexity index is 1230. The third-order valence-corrected chi connectivity index (χ3v) is 5.35. The number of nitrogens with zero attached hydrogens (tertiary/aromatic N) is 1. The van der Waals surface area contributed by atoms with E-state index in [2.05, 4.69) is 10.3 Å². The summed E-state index contributed by atoms with van der Waals surface area (Å²) >= 11 is 0. The molecule has 1 heterocycles. The number of rotatable bonds is 11. The summed E-state index contributed by atoms with van der Waals surface area (Å²) in [5.41, 5.74) is 2.19. The van der Waals surface area contributed by atoms with Crippen LogP contribution in [0.15, 0.2) is 60.7 Å². The molecule has 1 aromatic heterocycles. The van der Waals surface area contributed by atoms with Crippen LogP contribution in [0, 0.1) is 0 Å². The second-order valence-electron chi connectivity index (χ2n) is 7.99. The zero-order valence-electron chi connectivity index (χ0n) is 20.1. The van der Waals surface area contributed by atoms with E-state index in [-0.39, 0.29) is 36.0 Å². The number of hydrogen-bond donors (Lipinski definition) is 3.